The van der Waals surface area contributed by atoms with Crippen LogP contribution in [-0.2, 0) is 4.79 Å². The average molecular weight is 296 g/mol. The Morgan fingerprint density at radius 3 is 2.43 bits per heavy atom. The van der Waals surface area contributed by atoms with Crippen molar-refractivity contribution in [3.63, 3.8) is 0 Å². The van der Waals surface area contributed by atoms with Crippen LogP contribution in [0.25, 0.3) is 0 Å². The lowest BCUT2D eigenvalue weighted by Crippen LogP contribution is -2.53. The Kier molecular flexibility index (Phi) is 5.85. The minimum atomic E-state index is 0.00860. The van der Waals surface area contributed by atoms with Gasteiger partial charge in [0.15, 0.2) is 0 Å². The molecule has 2 aliphatic heterocycles. The molecule has 0 aromatic heterocycles. The van der Waals surface area contributed by atoms with E-state index in [1.807, 2.05) is 18.9 Å². The predicted molar refractivity (Wildman–Crippen MR) is 82.1 cm³/mol. The second kappa shape index (κ2) is 7.64. The van der Waals surface area contributed by atoms with Crippen LogP contribution in [0.3, 0.4) is 0 Å². The van der Waals surface area contributed by atoms with E-state index in [1.165, 1.54) is 6.42 Å². The maximum absolute atomic E-state index is 12.3. The van der Waals surface area contributed by atoms with Crippen LogP contribution in [-0.4, -0.2) is 67.0 Å². The van der Waals surface area contributed by atoms with Gasteiger partial charge in [-0.05, 0) is 46.2 Å². The fraction of sp³-hybridized carbons (Fsp3) is 0.867. The molecule has 1 atom stereocenters. The fourth-order valence-corrected chi connectivity index (χ4v) is 3.19. The first-order chi connectivity index (χ1) is 10.1. The SMILES string of the molecule is CCNC(=O)N1CCC(NC(=O)[C@@H]2CCCCN2C)CC1. The zero-order chi connectivity index (χ0) is 15.2. The highest BCUT2D eigenvalue weighted by Crippen LogP contribution is 2.16. The summed E-state index contributed by atoms with van der Waals surface area (Å²) in [5.74, 6) is 0.161. The summed E-state index contributed by atoms with van der Waals surface area (Å²) >= 11 is 0. The Labute approximate surface area is 127 Å². The first-order valence-electron chi connectivity index (χ1n) is 8.15. The molecule has 3 amide bonds. The summed E-state index contributed by atoms with van der Waals surface area (Å²) in [4.78, 5) is 28.1. The molecular formula is C15H28N4O2. The number of nitrogens with zero attached hydrogens (tertiary/aromatic N) is 2. The van der Waals surface area contributed by atoms with Crippen LogP contribution < -0.4 is 10.6 Å². The molecule has 0 spiro atoms. The first kappa shape index (κ1) is 16.1. The van der Waals surface area contributed by atoms with E-state index in [9.17, 15) is 9.59 Å². The third kappa shape index (κ3) is 4.33. The molecule has 0 aromatic carbocycles. The third-order valence-electron chi connectivity index (χ3n) is 4.53. The van der Waals surface area contributed by atoms with Crippen LogP contribution >= 0.6 is 0 Å². The zero-order valence-electron chi connectivity index (χ0n) is 13.2. The van der Waals surface area contributed by atoms with Gasteiger partial charge in [0.1, 0.15) is 0 Å². The topological polar surface area (TPSA) is 64.7 Å². The molecule has 120 valence electrons. The van der Waals surface area contributed by atoms with Gasteiger partial charge in [0.05, 0.1) is 6.04 Å². The van der Waals surface area contributed by atoms with Crippen LogP contribution in [0.5, 0.6) is 0 Å². The Balaban J connectivity index is 1.75. The molecule has 2 saturated heterocycles. The van der Waals surface area contributed by atoms with E-state index in [0.717, 1.165) is 45.3 Å². The zero-order valence-corrected chi connectivity index (χ0v) is 13.2. The molecule has 2 N–H and O–H groups in total. The first-order valence-corrected chi connectivity index (χ1v) is 8.15. The summed E-state index contributed by atoms with van der Waals surface area (Å²) in [6.07, 6.45) is 4.97. The Bertz CT molecular complexity index is 367. The minimum Gasteiger partial charge on any atom is -0.352 e. The molecule has 21 heavy (non-hydrogen) atoms. The van der Waals surface area contributed by atoms with Crippen molar-refractivity contribution in [3.8, 4) is 0 Å². The maximum atomic E-state index is 12.3. The molecule has 0 aliphatic carbocycles. The van der Waals surface area contributed by atoms with Crippen molar-refractivity contribution >= 4 is 11.9 Å². The highest BCUT2D eigenvalue weighted by Gasteiger charge is 2.29. The van der Waals surface area contributed by atoms with E-state index in [-0.39, 0.29) is 24.0 Å². The lowest BCUT2D eigenvalue weighted by atomic mass is 10.00. The Hall–Kier alpha value is -1.30. The van der Waals surface area contributed by atoms with E-state index in [4.69, 9.17) is 0 Å². The molecule has 0 unspecified atom stereocenters. The van der Waals surface area contributed by atoms with Gasteiger partial charge >= 0.3 is 6.03 Å². The number of urea groups is 1. The number of likely N-dealkylation sites (tertiary alicyclic amines) is 2. The minimum absolute atomic E-state index is 0.00860. The molecule has 0 bridgehead atoms. The van der Waals surface area contributed by atoms with Crippen LogP contribution in [0.2, 0.25) is 0 Å². The predicted octanol–water partition coefficient (Wildman–Crippen LogP) is 0.781. The quantitative estimate of drug-likeness (QED) is 0.809. The fourth-order valence-electron chi connectivity index (χ4n) is 3.19. The molecule has 2 fully saturated rings. The van der Waals surface area contributed by atoms with E-state index in [0.29, 0.717) is 6.54 Å². The van der Waals surface area contributed by atoms with Gasteiger partial charge in [-0.3, -0.25) is 9.69 Å². The van der Waals surface area contributed by atoms with Gasteiger partial charge in [0.25, 0.3) is 0 Å². The normalized spacial score (nSPS) is 24.7. The molecular weight excluding hydrogens is 268 g/mol. The number of piperidine rings is 2. The number of hydrogen-bond acceptors (Lipinski definition) is 3. The lowest BCUT2D eigenvalue weighted by molar-refractivity contribution is -0.128. The van der Waals surface area contributed by atoms with Crippen LogP contribution in [0.4, 0.5) is 4.79 Å². The number of nitrogens with one attached hydrogen (secondary N) is 2. The van der Waals surface area contributed by atoms with Crippen LogP contribution in [0.1, 0.15) is 39.0 Å². The van der Waals surface area contributed by atoms with E-state index < -0.39 is 0 Å². The van der Waals surface area contributed by atoms with Gasteiger partial charge < -0.3 is 15.5 Å². The molecule has 6 nitrogen and oxygen atoms in total. The van der Waals surface area contributed by atoms with Gasteiger partial charge in [-0.15, -0.1) is 0 Å². The average Bonchev–Trinajstić information content (AvgIpc) is 2.48. The second-order valence-corrected chi connectivity index (χ2v) is 6.10. The van der Waals surface area contributed by atoms with Gasteiger partial charge in [-0.25, -0.2) is 4.79 Å². The summed E-state index contributed by atoms with van der Waals surface area (Å²) in [6, 6.07) is 0.243. The van der Waals surface area contributed by atoms with Crippen LogP contribution in [0.15, 0.2) is 0 Å². The number of likely N-dealkylation sites (N-methyl/N-ethyl adjacent to an activating group) is 1. The standard InChI is InChI=1S/C15H28N4O2/c1-3-16-15(21)19-10-7-12(8-11-19)17-14(20)13-6-4-5-9-18(13)2/h12-13H,3-11H2,1-2H3,(H,16,21)(H,17,20)/t13-/m0/s1. The van der Waals surface area contributed by atoms with Crippen LogP contribution in [0, 0.1) is 0 Å². The molecule has 0 saturated carbocycles. The van der Waals surface area contributed by atoms with E-state index in [2.05, 4.69) is 15.5 Å². The number of amides is 3. The molecule has 0 radical (unpaired) electrons. The van der Waals surface area contributed by atoms with Crippen molar-refractivity contribution in [2.45, 2.75) is 51.1 Å². The molecule has 2 aliphatic rings. The smallest absolute Gasteiger partial charge is 0.317 e. The van der Waals surface area contributed by atoms with Crippen molar-refractivity contribution in [1.82, 2.24) is 20.4 Å². The van der Waals surface area contributed by atoms with Crippen molar-refractivity contribution < 1.29 is 9.59 Å². The van der Waals surface area contributed by atoms with Crippen molar-refractivity contribution in [2.24, 2.45) is 0 Å². The van der Waals surface area contributed by atoms with E-state index >= 15 is 0 Å². The van der Waals surface area contributed by atoms with Gasteiger partial charge in [0, 0.05) is 25.7 Å². The third-order valence-corrected chi connectivity index (χ3v) is 4.53. The van der Waals surface area contributed by atoms with Gasteiger partial charge in [0.2, 0.25) is 5.91 Å². The van der Waals surface area contributed by atoms with Crippen molar-refractivity contribution in [3.05, 3.63) is 0 Å². The molecule has 0 aromatic rings. The van der Waals surface area contributed by atoms with Gasteiger partial charge in [-0.1, -0.05) is 6.42 Å². The highest BCUT2D eigenvalue weighted by atomic mass is 16.2. The Morgan fingerprint density at radius 1 is 1.10 bits per heavy atom. The second-order valence-electron chi connectivity index (χ2n) is 6.10. The van der Waals surface area contributed by atoms with Crippen molar-refractivity contribution in [2.75, 3.05) is 33.2 Å². The Morgan fingerprint density at radius 2 is 1.81 bits per heavy atom. The van der Waals surface area contributed by atoms with Crippen molar-refractivity contribution in [1.29, 1.82) is 0 Å². The number of carbonyl (C=O) groups excluding carboxylic acids is 2. The summed E-state index contributed by atoms with van der Waals surface area (Å²) in [6.45, 7) is 5.03. The molecule has 2 heterocycles. The number of hydrogen-bond donors (Lipinski definition) is 2. The summed E-state index contributed by atoms with van der Waals surface area (Å²) in [7, 11) is 2.03. The summed E-state index contributed by atoms with van der Waals surface area (Å²) in [5, 5.41) is 5.99. The highest BCUT2D eigenvalue weighted by molar-refractivity contribution is 5.82. The largest absolute Gasteiger partial charge is 0.352 e. The number of rotatable bonds is 3. The molecule has 6 heteroatoms. The summed E-state index contributed by atoms with van der Waals surface area (Å²) in [5.41, 5.74) is 0. The maximum Gasteiger partial charge on any atom is 0.317 e. The van der Waals surface area contributed by atoms with Gasteiger partial charge in [-0.2, -0.15) is 0 Å². The molecule has 2 rings (SSSR count). The summed E-state index contributed by atoms with van der Waals surface area (Å²) < 4.78 is 0. The monoisotopic (exact) mass is 296 g/mol. The van der Waals surface area contributed by atoms with E-state index in [1.54, 1.807) is 0 Å². The number of carbonyl (C=O) groups is 2. The lowest BCUT2D eigenvalue weighted by Gasteiger charge is -2.35.